The van der Waals surface area contributed by atoms with Crippen molar-refractivity contribution < 1.29 is 23.6 Å². The maximum atomic E-state index is 13.5. The Labute approximate surface area is 103 Å². The number of nitrogens with zero attached hydrogens (tertiary/aromatic N) is 3. The number of halogens is 2. The molecule has 98 valence electrons. The van der Waals surface area contributed by atoms with Gasteiger partial charge in [-0.25, -0.2) is 13.9 Å². The van der Waals surface area contributed by atoms with E-state index in [1.54, 1.807) is 0 Å². The molecular weight excluding hydrogens is 264 g/mol. The summed E-state index contributed by atoms with van der Waals surface area (Å²) in [7, 11) is 0. The Morgan fingerprint density at radius 3 is 2.58 bits per heavy atom. The third-order valence-corrected chi connectivity index (χ3v) is 2.27. The molecule has 1 aromatic heterocycles. The molecule has 0 amide bonds. The third kappa shape index (κ3) is 2.25. The lowest BCUT2D eigenvalue weighted by Gasteiger charge is -2.03. The summed E-state index contributed by atoms with van der Waals surface area (Å²) in [4.78, 5) is 20.2. The van der Waals surface area contributed by atoms with Crippen LogP contribution in [0.2, 0.25) is 0 Å². The van der Waals surface area contributed by atoms with Crippen LogP contribution in [-0.4, -0.2) is 25.8 Å². The second-order valence-electron chi connectivity index (χ2n) is 3.46. The van der Waals surface area contributed by atoms with Crippen molar-refractivity contribution in [2.45, 2.75) is 0 Å². The summed E-state index contributed by atoms with van der Waals surface area (Å²) in [5, 5.41) is 22.7. The Kier molecular flexibility index (Phi) is 2.95. The van der Waals surface area contributed by atoms with Gasteiger partial charge in [0, 0.05) is 18.3 Å². The number of carboxylic acid groups (broad SMARTS) is 1. The fourth-order valence-electron chi connectivity index (χ4n) is 1.41. The first-order chi connectivity index (χ1) is 8.90. The van der Waals surface area contributed by atoms with Crippen molar-refractivity contribution in [1.29, 1.82) is 0 Å². The fourth-order valence-corrected chi connectivity index (χ4v) is 1.41. The van der Waals surface area contributed by atoms with Gasteiger partial charge in [0.2, 0.25) is 5.82 Å². The SMILES string of the molecule is O=C(O)c1ccn(-c2cc([N+](=O)[O-])c(F)cc2F)n1. The molecule has 7 nitrogen and oxygen atoms in total. The highest BCUT2D eigenvalue weighted by Gasteiger charge is 2.20. The minimum Gasteiger partial charge on any atom is -0.476 e. The highest BCUT2D eigenvalue weighted by Crippen LogP contribution is 2.23. The van der Waals surface area contributed by atoms with Crippen molar-refractivity contribution in [1.82, 2.24) is 9.78 Å². The van der Waals surface area contributed by atoms with Gasteiger partial charge in [-0.1, -0.05) is 0 Å². The van der Waals surface area contributed by atoms with Crippen LogP contribution in [0.15, 0.2) is 24.4 Å². The largest absolute Gasteiger partial charge is 0.476 e. The van der Waals surface area contributed by atoms with Crippen LogP contribution in [0, 0.1) is 21.7 Å². The summed E-state index contributed by atoms with van der Waals surface area (Å²) in [5.41, 5.74) is -1.71. The fraction of sp³-hybridized carbons (Fsp3) is 0. The maximum Gasteiger partial charge on any atom is 0.356 e. The number of carbonyl (C=O) groups is 1. The van der Waals surface area contributed by atoms with Gasteiger partial charge in [-0.15, -0.1) is 0 Å². The normalized spacial score (nSPS) is 10.4. The van der Waals surface area contributed by atoms with Crippen LogP contribution in [0.25, 0.3) is 5.69 Å². The molecule has 0 unspecified atom stereocenters. The molecule has 1 heterocycles. The molecule has 0 aliphatic carbocycles. The van der Waals surface area contributed by atoms with E-state index < -0.39 is 33.9 Å². The highest BCUT2D eigenvalue weighted by molar-refractivity contribution is 5.85. The number of carboxylic acids is 1. The number of nitro groups is 1. The van der Waals surface area contributed by atoms with E-state index in [9.17, 15) is 23.7 Å². The molecule has 19 heavy (non-hydrogen) atoms. The molecule has 0 spiro atoms. The molecule has 1 aromatic carbocycles. The van der Waals surface area contributed by atoms with E-state index in [0.29, 0.717) is 12.1 Å². The van der Waals surface area contributed by atoms with E-state index in [0.717, 1.165) is 16.9 Å². The predicted molar refractivity (Wildman–Crippen MR) is 57.1 cm³/mol. The summed E-state index contributed by atoms with van der Waals surface area (Å²) in [6.45, 7) is 0. The third-order valence-electron chi connectivity index (χ3n) is 2.27. The molecule has 0 fully saturated rings. The predicted octanol–water partition coefficient (Wildman–Crippen LogP) is 1.76. The standard InChI is InChI=1S/C10H5F2N3O4/c11-5-3-6(12)9(15(18)19)4-8(5)14-2-1-7(13-14)10(16)17/h1-4H,(H,16,17). The van der Waals surface area contributed by atoms with Crippen LogP contribution in [0.1, 0.15) is 10.5 Å². The van der Waals surface area contributed by atoms with Crippen LogP contribution in [-0.2, 0) is 0 Å². The van der Waals surface area contributed by atoms with Crippen molar-refractivity contribution in [3.63, 3.8) is 0 Å². The molecule has 2 aromatic rings. The van der Waals surface area contributed by atoms with Gasteiger partial charge >= 0.3 is 11.7 Å². The molecule has 0 bridgehead atoms. The van der Waals surface area contributed by atoms with Gasteiger partial charge < -0.3 is 5.11 Å². The smallest absolute Gasteiger partial charge is 0.356 e. The van der Waals surface area contributed by atoms with E-state index in [-0.39, 0.29) is 5.69 Å². The van der Waals surface area contributed by atoms with Crippen molar-refractivity contribution in [2.75, 3.05) is 0 Å². The summed E-state index contributed by atoms with van der Waals surface area (Å²) < 4.78 is 27.4. The van der Waals surface area contributed by atoms with Crippen molar-refractivity contribution >= 4 is 11.7 Å². The first-order valence-corrected chi connectivity index (χ1v) is 4.83. The van der Waals surface area contributed by atoms with Crippen LogP contribution >= 0.6 is 0 Å². The zero-order valence-corrected chi connectivity index (χ0v) is 9.08. The van der Waals surface area contributed by atoms with Gasteiger partial charge in [0.1, 0.15) is 5.69 Å². The summed E-state index contributed by atoms with van der Waals surface area (Å²) in [6, 6.07) is 2.07. The quantitative estimate of drug-likeness (QED) is 0.676. The van der Waals surface area contributed by atoms with Gasteiger partial charge in [0.25, 0.3) is 0 Å². The summed E-state index contributed by atoms with van der Waals surface area (Å²) in [5.74, 6) is -3.75. The molecular formula is C10H5F2N3O4. The summed E-state index contributed by atoms with van der Waals surface area (Å²) >= 11 is 0. The van der Waals surface area contributed by atoms with Gasteiger partial charge in [-0.05, 0) is 6.07 Å². The Bertz CT molecular complexity index is 683. The minimum atomic E-state index is -1.34. The first kappa shape index (κ1) is 12.6. The van der Waals surface area contributed by atoms with Gasteiger partial charge in [-0.3, -0.25) is 10.1 Å². The average Bonchev–Trinajstić information content (AvgIpc) is 2.77. The monoisotopic (exact) mass is 269 g/mol. The van der Waals surface area contributed by atoms with Crippen molar-refractivity contribution in [3.8, 4) is 5.69 Å². The zero-order chi connectivity index (χ0) is 14.2. The molecule has 0 aliphatic rings. The minimum absolute atomic E-state index is 0.343. The molecule has 0 radical (unpaired) electrons. The van der Waals surface area contributed by atoms with E-state index in [4.69, 9.17) is 5.11 Å². The van der Waals surface area contributed by atoms with Crippen LogP contribution in [0.3, 0.4) is 0 Å². The van der Waals surface area contributed by atoms with E-state index >= 15 is 0 Å². The van der Waals surface area contributed by atoms with E-state index in [2.05, 4.69) is 5.10 Å². The number of rotatable bonds is 3. The van der Waals surface area contributed by atoms with Gasteiger partial charge in [-0.2, -0.15) is 9.49 Å². The molecule has 2 rings (SSSR count). The Balaban J connectivity index is 2.57. The molecule has 9 heteroatoms. The zero-order valence-electron chi connectivity index (χ0n) is 9.08. The average molecular weight is 269 g/mol. The van der Waals surface area contributed by atoms with Crippen LogP contribution < -0.4 is 0 Å². The van der Waals surface area contributed by atoms with E-state index in [1.807, 2.05) is 0 Å². The number of nitro benzene ring substituents is 1. The Morgan fingerprint density at radius 1 is 1.37 bits per heavy atom. The summed E-state index contributed by atoms with van der Waals surface area (Å²) in [6.07, 6.45) is 1.10. The molecule has 0 aliphatic heterocycles. The second-order valence-corrected chi connectivity index (χ2v) is 3.46. The number of benzene rings is 1. The lowest BCUT2D eigenvalue weighted by atomic mass is 10.2. The number of hydrogen-bond donors (Lipinski definition) is 1. The number of aromatic nitrogens is 2. The number of aromatic carboxylic acids is 1. The lowest BCUT2D eigenvalue weighted by Crippen LogP contribution is -2.04. The lowest BCUT2D eigenvalue weighted by molar-refractivity contribution is -0.387. The molecule has 0 saturated carbocycles. The molecule has 0 saturated heterocycles. The Hall–Kier alpha value is -2.84. The van der Waals surface area contributed by atoms with Gasteiger partial charge in [0.05, 0.1) is 4.92 Å². The van der Waals surface area contributed by atoms with Gasteiger partial charge in [0.15, 0.2) is 11.5 Å². The highest BCUT2D eigenvalue weighted by atomic mass is 19.1. The maximum absolute atomic E-state index is 13.5. The van der Waals surface area contributed by atoms with Crippen molar-refractivity contribution in [2.24, 2.45) is 0 Å². The van der Waals surface area contributed by atoms with Crippen LogP contribution in [0.4, 0.5) is 14.5 Å². The number of hydrogen-bond acceptors (Lipinski definition) is 4. The molecule has 1 N–H and O–H groups in total. The topological polar surface area (TPSA) is 98.3 Å². The van der Waals surface area contributed by atoms with Crippen molar-refractivity contribution in [3.05, 3.63) is 51.8 Å². The second kappa shape index (κ2) is 4.44. The Morgan fingerprint density at radius 2 is 2.05 bits per heavy atom. The first-order valence-electron chi connectivity index (χ1n) is 4.83. The molecule has 0 atom stereocenters. The van der Waals surface area contributed by atoms with Crippen LogP contribution in [0.5, 0.6) is 0 Å². The van der Waals surface area contributed by atoms with E-state index in [1.165, 1.54) is 0 Å².